The summed E-state index contributed by atoms with van der Waals surface area (Å²) in [7, 11) is 0. The first-order chi connectivity index (χ1) is 13.3. The van der Waals surface area contributed by atoms with Crippen molar-refractivity contribution in [2.24, 2.45) is 0 Å². The molecule has 1 aliphatic carbocycles. The van der Waals surface area contributed by atoms with Gasteiger partial charge < -0.3 is 4.90 Å². The summed E-state index contributed by atoms with van der Waals surface area (Å²) in [4.78, 5) is 20.6. The minimum atomic E-state index is -0.192. The molecule has 28 heavy (non-hydrogen) atoms. The Hall–Kier alpha value is -2.69. The van der Waals surface area contributed by atoms with E-state index < -0.39 is 0 Å². The molecule has 2 aliphatic rings. The molecule has 5 heteroatoms. The summed E-state index contributed by atoms with van der Waals surface area (Å²) < 4.78 is 1.98. The van der Waals surface area contributed by atoms with Gasteiger partial charge in [-0.1, -0.05) is 18.2 Å². The van der Waals surface area contributed by atoms with Crippen LogP contribution in [-0.2, 0) is 12.0 Å². The van der Waals surface area contributed by atoms with Gasteiger partial charge >= 0.3 is 0 Å². The van der Waals surface area contributed by atoms with Crippen molar-refractivity contribution in [3.8, 4) is 0 Å². The minimum absolute atomic E-state index is 0.0656. The summed E-state index contributed by atoms with van der Waals surface area (Å²) >= 11 is 0. The van der Waals surface area contributed by atoms with Crippen LogP contribution < -0.4 is 4.90 Å². The van der Waals surface area contributed by atoms with E-state index >= 15 is 0 Å². The molecule has 1 saturated carbocycles. The van der Waals surface area contributed by atoms with Gasteiger partial charge in [0.15, 0.2) is 5.65 Å². The third-order valence-corrected chi connectivity index (χ3v) is 5.83. The minimum Gasteiger partial charge on any atom is -0.308 e. The van der Waals surface area contributed by atoms with Crippen molar-refractivity contribution in [3.05, 3.63) is 52.8 Å². The average Bonchev–Trinajstić information content (AvgIpc) is 3.33. The Morgan fingerprint density at radius 3 is 2.64 bits per heavy atom. The lowest BCUT2D eigenvalue weighted by Crippen LogP contribution is -2.29. The molecule has 0 unspecified atom stereocenters. The average molecular weight is 374 g/mol. The largest absolute Gasteiger partial charge is 0.308 e. The zero-order valence-corrected chi connectivity index (χ0v) is 17.0. The van der Waals surface area contributed by atoms with Crippen molar-refractivity contribution >= 4 is 22.6 Å². The molecule has 0 radical (unpaired) electrons. The maximum absolute atomic E-state index is 13.7. The van der Waals surface area contributed by atoms with E-state index in [1.165, 1.54) is 5.56 Å². The predicted molar refractivity (Wildman–Crippen MR) is 111 cm³/mol. The Labute approximate surface area is 165 Å². The first-order valence-corrected chi connectivity index (χ1v) is 10.1. The number of benzene rings is 1. The fourth-order valence-electron chi connectivity index (χ4n) is 4.23. The number of hydrogen-bond donors (Lipinski definition) is 0. The van der Waals surface area contributed by atoms with Gasteiger partial charge in [-0.05, 0) is 64.7 Å². The molecule has 0 bridgehead atoms. The summed E-state index contributed by atoms with van der Waals surface area (Å²) in [6.07, 6.45) is 3.22. The summed E-state index contributed by atoms with van der Waals surface area (Å²) in [5, 5.41) is 5.68. The lowest BCUT2D eigenvalue weighted by Gasteiger charge is -2.21. The van der Waals surface area contributed by atoms with Gasteiger partial charge in [0.2, 0.25) is 0 Å². The van der Waals surface area contributed by atoms with Crippen LogP contribution >= 0.6 is 0 Å². The van der Waals surface area contributed by atoms with E-state index in [9.17, 15) is 4.79 Å². The standard InChI is InChI=1S/C23H26N4O/c1-14-20-17(22(28)26-12-11-16-7-5-6-8-19(16)26)13-18(15-9-10-15)24-21(20)27(25-14)23(2,3)4/h5-8,13,15H,9-12H2,1-4H3. The summed E-state index contributed by atoms with van der Waals surface area (Å²) in [5.74, 6) is 0.543. The molecule has 0 atom stereocenters. The molecule has 5 rings (SSSR count). The van der Waals surface area contributed by atoms with Gasteiger partial charge in [0, 0.05) is 23.8 Å². The van der Waals surface area contributed by atoms with Crippen LogP contribution in [0.2, 0.25) is 0 Å². The first kappa shape index (κ1) is 17.4. The van der Waals surface area contributed by atoms with E-state index in [4.69, 9.17) is 10.1 Å². The van der Waals surface area contributed by atoms with Gasteiger partial charge in [-0.2, -0.15) is 5.10 Å². The fraction of sp³-hybridized carbons (Fsp3) is 0.435. The smallest absolute Gasteiger partial charge is 0.259 e. The monoisotopic (exact) mass is 374 g/mol. The SMILES string of the molecule is Cc1nn(C(C)(C)C)c2nc(C3CC3)cc(C(=O)N3CCc4ccccc43)c12. The highest BCUT2D eigenvalue weighted by Crippen LogP contribution is 2.41. The highest BCUT2D eigenvalue weighted by atomic mass is 16.2. The Morgan fingerprint density at radius 1 is 1.18 bits per heavy atom. The van der Waals surface area contributed by atoms with Crippen LogP contribution in [0.5, 0.6) is 0 Å². The molecular weight excluding hydrogens is 348 g/mol. The molecule has 1 amide bonds. The zero-order chi connectivity index (χ0) is 19.6. The van der Waals surface area contributed by atoms with E-state index in [1.807, 2.05) is 40.8 Å². The van der Waals surface area contributed by atoms with Crippen molar-refractivity contribution in [3.63, 3.8) is 0 Å². The first-order valence-electron chi connectivity index (χ1n) is 10.1. The molecule has 1 aromatic carbocycles. The second-order valence-electron chi connectivity index (χ2n) is 9.07. The number of nitrogens with zero attached hydrogens (tertiary/aromatic N) is 4. The van der Waals surface area contributed by atoms with Crippen LogP contribution in [0.1, 0.15) is 66.8 Å². The Bertz CT molecular complexity index is 1100. The maximum Gasteiger partial charge on any atom is 0.259 e. The number of para-hydroxylation sites is 1. The highest BCUT2D eigenvalue weighted by molar-refractivity contribution is 6.14. The number of aryl methyl sites for hydroxylation is 1. The fourth-order valence-corrected chi connectivity index (χ4v) is 4.23. The Balaban J connectivity index is 1.71. The molecule has 0 saturated heterocycles. The second-order valence-corrected chi connectivity index (χ2v) is 9.07. The molecule has 0 spiro atoms. The number of fused-ring (bicyclic) bond motifs is 2. The van der Waals surface area contributed by atoms with Gasteiger partial charge in [-0.15, -0.1) is 0 Å². The van der Waals surface area contributed by atoms with Crippen molar-refractivity contribution < 1.29 is 4.79 Å². The lowest BCUT2D eigenvalue weighted by molar-refractivity contribution is 0.0990. The van der Waals surface area contributed by atoms with Crippen LogP contribution in [0.15, 0.2) is 30.3 Å². The van der Waals surface area contributed by atoms with Gasteiger partial charge in [0.05, 0.1) is 22.2 Å². The number of carbonyl (C=O) groups is 1. The predicted octanol–water partition coefficient (Wildman–Crippen LogP) is 4.58. The molecular formula is C23H26N4O. The molecule has 5 nitrogen and oxygen atoms in total. The molecule has 1 fully saturated rings. The van der Waals surface area contributed by atoms with Crippen LogP contribution in [0.4, 0.5) is 5.69 Å². The number of carbonyl (C=O) groups excluding carboxylic acids is 1. The van der Waals surface area contributed by atoms with Gasteiger partial charge in [0.25, 0.3) is 5.91 Å². The van der Waals surface area contributed by atoms with Gasteiger partial charge in [-0.25, -0.2) is 9.67 Å². The van der Waals surface area contributed by atoms with Crippen LogP contribution in [-0.4, -0.2) is 27.2 Å². The van der Waals surface area contributed by atoms with Gasteiger partial charge in [0.1, 0.15) is 0 Å². The van der Waals surface area contributed by atoms with Crippen molar-refractivity contribution in [1.29, 1.82) is 0 Å². The highest BCUT2D eigenvalue weighted by Gasteiger charge is 2.33. The van der Waals surface area contributed by atoms with E-state index in [-0.39, 0.29) is 11.4 Å². The van der Waals surface area contributed by atoms with E-state index in [1.54, 1.807) is 0 Å². The third kappa shape index (κ3) is 2.64. The number of hydrogen-bond acceptors (Lipinski definition) is 3. The van der Waals surface area contributed by atoms with Crippen molar-refractivity contribution in [2.75, 3.05) is 11.4 Å². The molecule has 3 heterocycles. The molecule has 2 aromatic heterocycles. The third-order valence-electron chi connectivity index (χ3n) is 5.83. The summed E-state index contributed by atoms with van der Waals surface area (Å²) in [6, 6.07) is 10.2. The molecule has 3 aromatic rings. The zero-order valence-electron chi connectivity index (χ0n) is 17.0. The summed E-state index contributed by atoms with van der Waals surface area (Å²) in [5.41, 5.74) is 5.57. The number of rotatable bonds is 2. The van der Waals surface area contributed by atoms with E-state index in [0.717, 1.165) is 59.5 Å². The number of anilines is 1. The number of amides is 1. The lowest BCUT2D eigenvalue weighted by atomic mass is 10.1. The normalized spacial score (nSPS) is 16.6. The Morgan fingerprint density at radius 2 is 1.93 bits per heavy atom. The molecule has 0 N–H and O–H groups in total. The Kier molecular flexibility index (Phi) is 3.67. The maximum atomic E-state index is 13.7. The summed E-state index contributed by atoms with van der Waals surface area (Å²) in [6.45, 7) is 9.10. The van der Waals surface area contributed by atoms with Crippen molar-refractivity contribution in [2.45, 2.75) is 58.4 Å². The molecule has 144 valence electrons. The second kappa shape index (κ2) is 5.90. The van der Waals surface area contributed by atoms with Crippen LogP contribution in [0.3, 0.4) is 0 Å². The van der Waals surface area contributed by atoms with Crippen LogP contribution in [0, 0.1) is 6.92 Å². The number of aromatic nitrogens is 3. The van der Waals surface area contributed by atoms with Crippen molar-refractivity contribution in [1.82, 2.24) is 14.8 Å². The van der Waals surface area contributed by atoms with Crippen LogP contribution in [0.25, 0.3) is 11.0 Å². The number of pyridine rings is 1. The quantitative estimate of drug-likeness (QED) is 0.660. The molecule has 1 aliphatic heterocycles. The van der Waals surface area contributed by atoms with E-state index in [2.05, 4.69) is 26.8 Å². The topological polar surface area (TPSA) is 51.0 Å². The van der Waals surface area contributed by atoms with Gasteiger partial charge in [-0.3, -0.25) is 4.79 Å². The van der Waals surface area contributed by atoms with E-state index in [0.29, 0.717) is 5.92 Å².